The van der Waals surface area contributed by atoms with Crippen molar-refractivity contribution in [1.29, 1.82) is 0 Å². The number of hydrogen-bond acceptors (Lipinski definition) is 6. The number of rotatable bonds is 12. The molecule has 0 spiro atoms. The van der Waals surface area contributed by atoms with Crippen LogP contribution in [-0.4, -0.2) is 68.0 Å². The SMILES string of the molecule is CC[C@H](NC(=O)[C@H](CC1CCCCC1)N1CCC(NS(=O)(=O)c2ccc(-c3ccccc3)cc2)(C(C)C)C1=O)B1OC2C[C@H]3C[C@H](C3(C)C)[C@]2(C)O1. The van der Waals surface area contributed by atoms with Gasteiger partial charge in [-0.2, -0.15) is 4.72 Å². The summed E-state index contributed by atoms with van der Waals surface area (Å²) in [7, 11) is -4.62. The zero-order valence-corrected chi connectivity index (χ0v) is 32.7. The van der Waals surface area contributed by atoms with E-state index >= 15 is 0 Å². The van der Waals surface area contributed by atoms with Gasteiger partial charge in [-0.05, 0) is 91.4 Å². The van der Waals surface area contributed by atoms with Gasteiger partial charge in [-0.1, -0.05) is 109 Å². The number of benzene rings is 2. The minimum atomic E-state index is -4.07. The Morgan fingerprint density at radius 2 is 1.65 bits per heavy atom. The summed E-state index contributed by atoms with van der Waals surface area (Å²) in [5.41, 5.74) is 0.355. The normalized spacial score (nSPS) is 31.3. The Hall–Kier alpha value is -2.73. The molecule has 6 fully saturated rings. The van der Waals surface area contributed by atoms with E-state index in [0.29, 0.717) is 37.1 Å². The molecule has 2 saturated heterocycles. The second kappa shape index (κ2) is 14.2. The maximum absolute atomic E-state index is 14.7. The molecule has 2 heterocycles. The molecule has 8 rings (SSSR count). The average molecular weight is 732 g/mol. The minimum absolute atomic E-state index is 0.00708. The van der Waals surface area contributed by atoms with Crippen molar-refractivity contribution in [3.8, 4) is 11.1 Å². The molecule has 4 aliphatic carbocycles. The zero-order valence-electron chi connectivity index (χ0n) is 31.9. The van der Waals surface area contributed by atoms with Crippen molar-refractivity contribution in [1.82, 2.24) is 14.9 Å². The van der Waals surface area contributed by atoms with E-state index in [1.165, 1.54) is 6.42 Å². The van der Waals surface area contributed by atoms with Gasteiger partial charge < -0.3 is 19.5 Å². The Morgan fingerprint density at radius 1 is 0.981 bits per heavy atom. The van der Waals surface area contributed by atoms with Crippen LogP contribution in [0.15, 0.2) is 59.5 Å². The lowest BCUT2D eigenvalue weighted by molar-refractivity contribution is -0.199. The Morgan fingerprint density at radius 3 is 2.29 bits per heavy atom. The number of likely N-dealkylation sites (tertiary alicyclic amines) is 1. The molecule has 0 radical (unpaired) electrons. The van der Waals surface area contributed by atoms with E-state index in [0.717, 1.165) is 49.7 Å². The van der Waals surface area contributed by atoms with Gasteiger partial charge in [-0.3, -0.25) is 9.59 Å². The molecule has 11 heteroatoms. The fourth-order valence-electron chi connectivity index (χ4n) is 10.4. The van der Waals surface area contributed by atoms with Gasteiger partial charge in [-0.25, -0.2) is 8.42 Å². The van der Waals surface area contributed by atoms with Crippen molar-refractivity contribution in [3.05, 3.63) is 54.6 Å². The lowest BCUT2D eigenvalue weighted by atomic mass is 9.43. The summed E-state index contributed by atoms with van der Waals surface area (Å²) in [6.07, 6.45) is 9.06. The summed E-state index contributed by atoms with van der Waals surface area (Å²) in [4.78, 5) is 31.0. The van der Waals surface area contributed by atoms with Crippen molar-refractivity contribution < 1.29 is 27.3 Å². The summed E-state index contributed by atoms with van der Waals surface area (Å²) in [6.45, 7) is 13.0. The van der Waals surface area contributed by atoms with Crippen molar-refractivity contribution in [2.75, 3.05) is 6.54 Å². The first kappa shape index (κ1) is 37.6. The summed E-state index contributed by atoms with van der Waals surface area (Å²) >= 11 is 0. The Bertz CT molecular complexity index is 1730. The molecule has 6 aliphatic rings. The van der Waals surface area contributed by atoms with E-state index in [1.807, 2.05) is 51.1 Å². The lowest BCUT2D eigenvalue weighted by Gasteiger charge is -2.64. The van der Waals surface area contributed by atoms with E-state index in [1.54, 1.807) is 29.2 Å². The number of nitrogens with zero attached hydrogens (tertiary/aromatic N) is 1. The van der Waals surface area contributed by atoms with Crippen molar-refractivity contribution in [2.45, 2.75) is 140 Å². The molecule has 2 amide bonds. The first-order chi connectivity index (χ1) is 24.7. The number of amides is 2. The highest BCUT2D eigenvalue weighted by Crippen LogP contribution is 2.65. The van der Waals surface area contributed by atoms with Crippen molar-refractivity contribution >= 4 is 29.0 Å². The molecule has 4 saturated carbocycles. The Labute approximate surface area is 311 Å². The Kier molecular flexibility index (Phi) is 10.2. The molecule has 2 unspecified atom stereocenters. The monoisotopic (exact) mass is 731 g/mol. The third-order valence-electron chi connectivity index (χ3n) is 14.0. The number of carbonyl (C=O) groups is 2. The molecule has 282 valence electrons. The fraction of sp³-hybridized carbons (Fsp3) is 0.659. The molecule has 2 bridgehead atoms. The van der Waals surface area contributed by atoms with E-state index in [9.17, 15) is 18.0 Å². The van der Waals surface area contributed by atoms with Crippen LogP contribution in [0.5, 0.6) is 0 Å². The van der Waals surface area contributed by atoms with Crippen LogP contribution in [0.3, 0.4) is 0 Å². The molecule has 9 nitrogen and oxygen atoms in total. The van der Waals surface area contributed by atoms with Crippen molar-refractivity contribution in [3.63, 3.8) is 0 Å². The zero-order chi connectivity index (χ0) is 37.1. The summed E-state index contributed by atoms with van der Waals surface area (Å²) in [5, 5.41) is 3.30. The second-order valence-corrected chi connectivity index (χ2v) is 19.2. The van der Waals surface area contributed by atoms with E-state index < -0.39 is 28.7 Å². The van der Waals surface area contributed by atoms with Gasteiger partial charge in [0.05, 0.1) is 22.5 Å². The standard InChI is InChI=1S/C41H58BN3O6S/c1-7-36(42-50-35-26-31-25-34(39(31,4)5)40(35,6)51-42)43-37(46)33(24-28-14-10-8-11-15-28)45-23-22-41(27(2)3,38(45)47)44-52(48,49)32-20-18-30(19-21-32)29-16-12-9-13-17-29/h9,12-13,16-21,27-28,31,33-36,44H,7-8,10-11,14-15,22-26H2,1-6H3,(H,43,46)/t31-,33+,34-,35?,36+,40+,41?/m1/s1. The molecule has 0 aromatic heterocycles. The maximum atomic E-state index is 14.7. The van der Waals surface area contributed by atoms with Gasteiger partial charge in [0.2, 0.25) is 21.8 Å². The van der Waals surface area contributed by atoms with E-state index in [-0.39, 0.29) is 52.1 Å². The maximum Gasteiger partial charge on any atom is 0.481 e. The van der Waals surface area contributed by atoms with Crippen LogP contribution in [0, 0.1) is 29.1 Å². The van der Waals surface area contributed by atoms with Crippen LogP contribution < -0.4 is 10.0 Å². The number of sulfonamides is 1. The first-order valence-corrected chi connectivity index (χ1v) is 21.3. The van der Waals surface area contributed by atoms with Gasteiger partial charge in [-0.15, -0.1) is 0 Å². The van der Waals surface area contributed by atoms with Gasteiger partial charge in [0.15, 0.2) is 0 Å². The quantitative estimate of drug-likeness (QED) is 0.234. The topological polar surface area (TPSA) is 114 Å². The summed E-state index contributed by atoms with van der Waals surface area (Å²) in [6, 6.07) is 15.8. The van der Waals surface area contributed by atoms with Crippen LogP contribution in [0.2, 0.25) is 0 Å². The molecule has 2 N–H and O–H groups in total. The number of nitrogens with one attached hydrogen (secondary N) is 2. The van der Waals surface area contributed by atoms with Crippen molar-refractivity contribution in [2.24, 2.45) is 29.1 Å². The third-order valence-corrected chi connectivity index (χ3v) is 15.5. The molecule has 2 aromatic rings. The van der Waals surface area contributed by atoms with E-state index in [2.05, 4.69) is 30.8 Å². The van der Waals surface area contributed by atoms with Crippen LogP contribution >= 0.6 is 0 Å². The number of carbonyl (C=O) groups excluding carboxylic acids is 2. The summed E-state index contributed by atoms with van der Waals surface area (Å²) in [5.74, 6) is 0.116. The molecule has 7 atom stereocenters. The third kappa shape index (κ3) is 6.55. The van der Waals surface area contributed by atoms with Crippen LogP contribution in [0.1, 0.15) is 106 Å². The van der Waals surface area contributed by atoms with Gasteiger partial charge >= 0.3 is 7.12 Å². The highest BCUT2D eigenvalue weighted by atomic mass is 32.2. The van der Waals surface area contributed by atoms with Crippen LogP contribution in [-0.2, 0) is 28.9 Å². The Balaban J connectivity index is 1.10. The highest BCUT2D eigenvalue weighted by Gasteiger charge is 2.68. The van der Waals surface area contributed by atoms with Crippen LogP contribution in [0.4, 0.5) is 0 Å². The van der Waals surface area contributed by atoms with Crippen LogP contribution in [0.25, 0.3) is 11.1 Å². The fourth-order valence-corrected chi connectivity index (χ4v) is 11.9. The van der Waals surface area contributed by atoms with Gasteiger partial charge in [0.25, 0.3) is 0 Å². The molecule has 52 heavy (non-hydrogen) atoms. The predicted molar refractivity (Wildman–Crippen MR) is 203 cm³/mol. The highest BCUT2D eigenvalue weighted by molar-refractivity contribution is 7.89. The molecular weight excluding hydrogens is 673 g/mol. The minimum Gasteiger partial charge on any atom is -0.404 e. The molecule has 2 aromatic carbocycles. The molecular formula is C41H58BN3O6S. The van der Waals surface area contributed by atoms with Gasteiger partial charge in [0, 0.05) is 6.54 Å². The number of hydrogen-bond donors (Lipinski definition) is 2. The largest absolute Gasteiger partial charge is 0.481 e. The van der Waals surface area contributed by atoms with E-state index in [4.69, 9.17) is 9.31 Å². The summed E-state index contributed by atoms with van der Waals surface area (Å²) < 4.78 is 44.2. The smallest absolute Gasteiger partial charge is 0.404 e. The molecule has 2 aliphatic heterocycles. The first-order valence-electron chi connectivity index (χ1n) is 19.8. The predicted octanol–water partition coefficient (Wildman–Crippen LogP) is 6.76. The van der Waals surface area contributed by atoms with Gasteiger partial charge in [0.1, 0.15) is 11.6 Å². The average Bonchev–Trinajstić information content (AvgIpc) is 3.66. The second-order valence-electron chi connectivity index (χ2n) is 17.5. The lowest BCUT2D eigenvalue weighted by Crippen LogP contribution is -2.65.